The summed E-state index contributed by atoms with van der Waals surface area (Å²) in [6.07, 6.45) is 0. The molecule has 2 aromatic heterocycles. The summed E-state index contributed by atoms with van der Waals surface area (Å²) < 4.78 is 7.25. The van der Waals surface area contributed by atoms with Gasteiger partial charge < -0.3 is 10.1 Å². The maximum absolute atomic E-state index is 12.6. The summed E-state index contributed by atoms with van der Waals surface area (Å²) in [6.45, 7) is 4.86. The fourth-order valence-electron chi connectivity index (χ4n) is 2.23. The number of tetrazole rings is 1. The molecule has 136 valence electrons. The second kappa shape index (κ2) is 8.81. The number of carbonyl (C=O) groups excluding carboxylic acids is 1. The fraction of sp³-hybridized carbons (Fsp3) is 0.294. The minimum absolute atomic E-state index is 0.132. The van der Waals surface area contributed by atoms with Crippen LogP contribution in [-0.4, -0.2) is 38.0 Å². The Bertz CT molecular complexity index is 850. The molecule has 9 heteroatoms. The highest BCUT2D eigenvalue weighted by Gasteiger charge is 2.20. The van der Waals surface area contributed by atoms with E-state index in [0.717, 1.165) is 4.88 Å². The van der Waals surface area contributed by atoms with Gasteiger partial charge in [0.15, 0.2) is 0 Å². The molecule has 3 aromatic rings. The minimum Gasteiger partial charge on any atom is -0.492 e. The fourth-order valence-corrected chi connectivity index (χ4v) is 3.70. The van der Waals surface area contributed by atoms with Gasteiger partial charge in [-0.3, -0.25) is 4.79 Å². The first-order valence-corrected chi connectivity index (χ1v) is 9.91. The molecule has 0 aliphatic carbocycles. The van der Waals surface area contributed by atoms with E-state index in [9.17, 15) is 4.79 Å². The lowest BCUT2D eigenvalue weighted by Crippen LogP contribution is -2.23. The van der Waals surface area contributed by atoms with Crippen LogP contribution in [0.1, 0.15) is 18.7 Å². The Kier molecular flexibility index (Phi) is 6.24. The van der Waals surface area contributed by atoms with E-state index >= 15 is 0 Å². The van der Waals surface area contributed by atoms with Crippen LogP contribution in [0.15, 0.2) is 46.9 Å². The normalized spacial score (nSPS) is 11.9. The quantitative estimate of drug-likeness (QED) is 0.595. The van der Waals surface area contributed by atoms with Crippen molar-refractivity contribution in [2.45, 2.75) is 30.8 Å². The molecule has 1 unspecified atom stereocenters. The largest absolute Gasteiger partial charge is 0.492 e. The van der Waals surface area contributed by atoms with E-state index < -0.39 is 0 Å². The number of aromatic nitrogens is 4. The van der Waals surface area contributed by atoms with Crippen LogP contribution in [-0.2, 0) is 11.3 Å². The van der Waals surface area contributed by atoms with Crippen molar-refractivity contribution in [3.63, 3.8) is 0 Å². The molecule has 0 saturated heterocycles. The van der Waals surface area contributed by atoms with Crippen LogP contribution >= 0.6 is 23.1 Å². The third-order valence-corrected chi connectivity index (χ3v) is 5.41. The minimum atomic E-state index is -0.363. The number of benzene rings is 1. The highest BCUT2D eigenvalue weighted by Crippen LogP contribution is 2.27. The zero-order valence-electron chi connectivity index (χ0n) is 14.5. The lowest BCUT2D eigenvalue weighted by atomic mass is 10.3. The van der Waals surface area contributed by atoms with Gasteiger partial charge in [-0.1, -0.05) is 30.0 Å². The molecule has 3 rings (SSSR count). The average Bonchev–Trinajstić information content (AvgIpc) is 3.30. The Morgan fingerprint density at radius 1 is 1.35 bits per heavy atom. The molecule has 0 aliphatic heterocycles. The van der Waals surface area contributed by atoms with Gasteiger partial charge >= 0.3 is 0 Å². The SMILES string of the molecule is CCOc1ccccc1NC(=O)C(C)Sc1nnnn1Cc1cccs1. The first-order chi connectivity index (χ1) is 12.7. The van der Waals surface area contributed by atoms with E-state index in [2.05, 4.69) is 20.8 Å². The second-order valence-corrected chi connectivity index (χ2v) is 7.72. The maximum atomic E-state index is 12.6. The summed E-state index contributed by atoms with van der Waals surface area (Å²) in [5, 5.41) is 17.0. The molecule has 0 aliphatic rings. The predicted octanol–water partition coefficient (Wildman–Crippen LogP) is 3.30. The molecule has 1 amide bonds. The average molecular weight is 390 g/mol. The summed E-state index contributed by atoms with van der Waals surface area (Å²) in [6, 6.07) is 11.4. The number of nitrogens with zero attached hydrogens (tertiary/aromatic N) is 4. The van der Waals surface area contributed by atoms with Crippen LogP contribution in [0.3, 0.4) is 0 Å². The number of thioether (sulfide) groups is 1. The monoisotopic (exact) mass is 389 g/mol. The van der Waals surface area contributed by atoms with Gasteiger partial charge in [-0.2, -0.15) is 0 Å². The first kappa shape index (κ1) is 18.4. The number of nitrogens with one attached hydrogen (secondary N) is 1. The Balaban J connectivity index is 1.64. The number of para-hydroxylation sites is 2. The molecule has 1 N–H and O–H groups in total. The number of carbonyl (C=O) groups is 1. The van der Waals surface area contributed by atoms with Crippen molar-refractivity contribution in [1.82, 2.24) is 20.2 Å². The molecular formula is C17H19N5O2S2. The highest BCUT2D eigenvalue weighted by molar-refractivity contribution is 8.00. The van der Waals surface area contributed by atoms with Gasteiger partial charge in [0.2, 0.25) is 11.1 Å². The summed E-state index contributed by atoms with van der Waals surface area (Å²) in [4.78, 5) is 13.7. The van der Waals surface area contributed by atoms with Crippen LogP contribution in [0.2, 0.25) is 0 Å². The van der Waals surface area contributed by atoms with Crippen LogP contribution < -0.4 is 10.1 Å². The molecule has 1 aromatic carbocycles. The van der Waals surface area contributed by atoms with Crippen molar-refractivity contribution in [3.8, 4) is 5.75 Å². The van der Waals surface area contributed by atoms with Gasteiger partial charge in [0.05, 0.1) is 24.1 Å². The number of hydrogen-bond donors (Lipinski definition) is 1. The summed E-state index contributed by atoms with van der Waals surface area (Å²) in [5.41, 5.74) is 0.657. The van der Waals surface area contributed by atoms with Gasteiger partial charge in [0.1, 0.15) is 5.75 Å². The van der Waals surface area contributed by atoms with Crippen LogP contribution in [0.25, 0.3) is 0 Å². The Labute approximate surface area is 159 Å². The first-order valence-electron chi connectivity index (χ1n) is 8.15. The van der Waals surface area contributed by atoms with Crippen molar-refractivity contribution in [1.29, 1.82) is 0 Å². The molecule has 0 radical (unpaired) electrons. The molecule has 0 spiro atoms. The predicted molar refractivity (Wildman–Crippen MR) is 103 cm³/mol. The molecular weight excluding hydrogens is 370 g/mol. The molecule has 7 nitrogen and oxygen atoms in total. The Morgan fingerprint density at radius 2 is 2.19 bits per heavy atom. The van der Waals surface area contributed by atoms with Crippen molar-refractivity contribution in [2.75, 3.05) is 11.9 Å². The summed E-state index contributed by atoms with van der Waals surface area (Å²) >= 11 is 2.97. The lowest BCUT2D eigenvalue weighted by molar-refractivity contribution is -0.115. The third kappa shape index (κ3) is 4.61. The van der Waals surface area contributed by atoms with Gasteiger partial charge in [-0.15, -0.1) is 16.4 Å². The van der Waals surface area contributed by atoms with Crippen molar-refractivity contribution in [3.05, 3.63) is 46.7 Å². The highest BCUT2D eigenvalue weighted by atomic mass is 32.2. The Hall–Kier alpha value is -2.39. The summed E-state index contributed by atoms with van der Waals surface area (Å²) in [5.74, 6) is 0.524. The second-order valence-electron chi connectivity index (χ2n) is 5.38. The Morgan fingerprint density at radius 3 is 2.96 bits per heavy atom. The van der Waals surface area contributed by atoms with Gasteiger partial charge in [0.25, 0.3) is 0 Å². The van der Waals surface area contributed by atoms with Gasteiger partial charge in [-0.25, -0.2) is 4.68 Å². The molecule has 0 fully saturated rings. The molecule has 0 saturated carbocycles. The third-order valence-electron chi connectivity index (χ3n) is 3.48. The van der Waals surface area contributed by atoms with E-state index in [1.54, 1.807) is 16.0 Å². The zero-order valence-corrected chi connectivity index (χ0v) is 16.1. The molecule has 1 atom stereocenters. The number of anilines is 1. The van der Waals surface area contributed by atoms with Gasteiger partial charge in [-0.05, 0) is 47.9 Å². The van der Waals surface area contributed by atoms with Crippen molar-refractivity contribution >= 4 is 34.7 Å². The van der Waals surface area contributed by atoms with E-state index in [4.69, 9.17) is 4.74 Å². The van der Waals surface area contributed by atoms with Crippen molar-refractivity contribution < 1.29 is 9.53 Å². The molecule has 2 heterocycles. The molecule has 26 heavy (non-hydrogen) atoms. The topological polar surface area (TPSA) is 81.9 Å². The number of rotatable bonds is 8. The van der Waals surface area contributed by atoms with E-state index in [-0.39, 0.29) is 11.2 Å². The van der Waals surface area contributed by atoms with Gasteiger partial charge in [0, 0.05) is 4.88 Å². The van der Waals surface area contributed by atoms with Crippen LogP contribution in [0, 0.1) is 0 Å². The van der Waals surface area contributed by atoms with E-state index in [1.807, 2.05) is 55.6 Å². The zero-order chi connectivity index (χ0) is 18.4. The smallest absolute Gasteiger partial charge is 0.237 e. The van der Waals surface area contributed by atoms with E-state index in [0.29, 0.717) is 29.7 Å². The van der Waals surface area contributed by atoms with E-state index in [1.165, 1.54) is 11.8 Å². The number of ether oxygens (including phenoxy) is 1. The number of thiophene rings is 1. The van der Waals surface area contributed by atoms with Crippen LogP contribution in [0.5, 0.6) is 5.75 Å². The molecule has 0 bridgehead atoms. The number of hydrogen-bond acceptors (Lipinski definition) is 7. The number of amides is 1. The maximum Gasteiger partial charge on any atom is 0.237 e. The lowest BCUT2D eigenvalue weighted by Gasteiger charge is -2.14. The van der Waals surface area contributed by atoms with Crippen LogP contribution in [0.4, 0.5) is 5.69 Å². The van der Waals surface area contributed by atoms with Crippen molar-refractivity contribution in [2.24, 2.45) is 0 Å². The summed E-state index contributed by atoms with van der Waals surface area (Å²) in [7, 11) is 0. The standard InChI is InChI=1S/C17H19N5O2S2/c1-3-24-15-9-5-4-8-14(15)18-16(23)12(2)26-17-19-20-21-22(17)11-13-7-6-10-25-13/h4-10,12H,3,11H2,1-2H3,(H,18,23).